The molecule has 0 bridgehead atoms. The molecule has 4 N–H and O–H groups in total. The van der Waals surface area contributed by atoms with Crippen LogP contribution in [0.4, 0.5) is 4.39 Å². The highest BCUT2D eigenvalue weighted by Crippen LogP contribution is 2.51. The van der Waals surface area contributed by atoms with Gasteiger partial charge in [0.15, 0.2) is 0 Å². The van der Waals surface area contributed by atoms with Gasteiger partial charge in [-0.1, -0.05) is 18.2 Å². The van der Waals surface area contributed by atoms with E-state index in [1.807, 2.05) is 0 Å². The Labute approximate surface area is 80.7 Å². The van der Waals surface area contributed by atoms with Crippen molar-refractivity contribution in [3.8, 4) is 0 Å². The summed E-state index contributed by atoms with van der Waals surface area (Å²) in [4.78, 5) is 17.8. The second-order valence-electron chi connectivity index (χ2n) is 2.86. The summed E-state index contributed by atoms with van der Waals surface area (Å²) < 4.78 is 24.1. The molecule has 1 aromatic rings. The SMILES string of the molecule is NCC(c1ccccc1F)P(=O)(O)O. The normalized spacial score (nSPS) is 14.0. The highest BCUT2D eigenvalue weighted by atomic mass is 31.2. The number of hydrogen-bond donors (Lipinski definition) is 3. The summed E-state index contributed by atoms with van der Waals surface area (Å²) in [6.45, 7) is -0.286. The maximum absolute atomic E-state index is 13.2. The largest absolute Gasteiger partial charge is 0.334 e. The minimum atomic E-state index is -4.39. The van der Waals surface area contributed by atoms with Crippen LogP contribution in [0.2, 0.25) is 0 Å². The van der Waals surface area contributed by atoms with Crippen LogP contribution in [0.3, 0.4) is 0 Å². The number of rotatable bonds is 3. The lowest BCUT2D eigenvalue weighted by Crippen LogP contribution is -2.14. The molecule has 0 saturated heterocycles. The molecule has 0 heterocycles. The van der Waals surface area contributed by atoms with Crippen molar-refractivity contribution in [1.82, 2.24) is 0 Å². The molecule has 0 aliphatic rings. The van der Waals surface area contributed by atoms with Gasteiger partial charge in [-0.15, -0.1) is 0 Å². The van der Waals surface area contributed by atoms with Crippen LogP contribution in [-0.2, 0) is 4.57 Å². The van der Waals surface area contributed by atoms with E-state index < -0.39 is 19.1 Å². The van der Waals surface area contributed by atoms with Crippen LogP contribution in [0.15, 0.2) is 24.3 Å². The molecule has 0 aliphatic carbocycles. The van der Waals surface area contributed by atoms with Crippen LogP contribution < -0.4 is 5.73 Å². The average Bonchev–Trinajstić information content (AvgIpc) is 2.07. The van der Waals surface area contributed by atoms with Crippen LogP contribution >= 0.6 is 7.60 Å². The van der Waals surface area contributed by atoms with Crippen LogP contribution in [0, 0.1) is 5.82 Å². The fourth-order valence-corrected chi connectivity index (χ4v) is 2.04. The number of nitrogens with two attached hydrogens (primary N) is 1. The molecule has 6 heteroatoms. The van der Waals surface area contributed by atoms with Crippen molar-refractivity contribution in [3.05, 3.63) is 35.6 Å². The van der Waals surface area contributed by atoms with Crippen molar-refractivity contribution < 1.29 is 18.7 Å². The fraction of sp³-hybridized carbons (Fsp3) is 0.250. The summed E-state index contributed by atoms with van der Waals surface area (Å²) in [5, 5.41) is 0. The first-order chi connectivity index (χ1) is 6.46. The Morgan fingerprint density at radius 1 is 1.43 bits per heavy atom. The molecule has 1 unspecified atom stereocenters. The smallest absolute Gasteiger partial charge is 0.329 e. The third-order valence-corrected chi connectivity index (χ3v) is 3.19. The predicted octanol–water partition coefficient (Wildman–Crippen LogP) is 1.00. The summed E-state index contributed by atoms with van der Waals surface area (Å²) >= 11 is 0. The molecule has 0 amide bonds. The second kappa shape index (κ2) is 4.19. The maximum atomic E-state index is 13.2. The highest BCUT2D eigenvalue weighted by Gasteiger charge is 2.30. The zero-order valence-electron chi connectivity index (χ0n) is 7.30. The van der Waals surface area contributed by atoms with Gasteiger partial charge in [0, 0.05) is 12.1 Å². The summed E-state index contributed by atoms with van der Waals surface area (Å²) in [5.74, 6) is -0.647. The first-order valence-electron chi connectivity index (χ1n) is 3.96. The fourth-order valence-electron chi connectivity index (χ4n) is 1.19. The third-order valence-electron chi connectivity index (χ3n) is 1.89. The Morgan fingerprint density at radius 3 is 2.43 bits per heavy atom. The summed E-state index contributed by atoms with van der Waals surface area (Å²) in [6.07, 6.45) is 0. The Balaban J connectivity index is 3.14. The molecule has 14 heavy (non-hydrogen) atoms. The lowest BCUT2D eigenvalue weighted by molar-refractivity contribution is 0.358. The molecule has 1 rings (SSSR count). The molecule has 0 fully saturated rings. The summed E-state index contributed by atoms with van der Waals surface area (Å²) in [5.41, 5.74) is 3.90. The average molecular weight is 219 g/mol. The van der Waals surface area contributed by atoms with Crippen molar-refractivity contribution >= 4 is 7.60 Å². The van der Waals surface area contributed by atoms with Gasteiger partial charge < -0.3 is 15.5 Å². The van der Waals surface area contributed by atoms with Crippen molar-refractivity contribution in [2.45, 2.75) is 5.66 Å². The highest BCUT2D eigenvalue weighted by molar-refractivity contribution is 7.52. The molecular formula is C8H11FNO3P. The van der Waals surface area contributed by atoms with E-state index in [-0.39, 0.29) is 12.1 Å². The molecule has 0 saturated carbocycles. The van der Waals surface area contributed by atoms with Gasteiger partial charge in [0.05, 0.1) is 0 Å². The Bertz CT molecular complexity index is 365. The van der Waals surface area contributed by atoms with Crippen molar-refractivity contribution in [2.75, 3.05) is 6.54 Å². The number of benzene rings is 1. The van der Waals surface area contributed by atoms with Gasteiger partial charge in [-0.05, 0) is 6.07 Å². The topological polar surface area (TPSA) is 83.6 Å². The van der Waals surface area contributed by atoms with E-state index in [1.54, 1.807) is 0 Å². The summed E-state index contributed by atoms with van der Waals surface area (Å²) in [7, 11) is -4.39. The lowest BCUT2D eigenvalue weighted by atomic mass is 10.1. The van der Waals surface area contributed by atoms with Gasteiger partial charge in [-0.25, -0.2) is 4.39 Å². The van der Waals surface area contributed by atoms with Gasteiger partial charge in [-0.2, -0.15) is 0 Å². The van der Waals surface area contributed by atoms with Crippen LogP contribution in [0.25, 0.3) is 0 Å². The third kappa shape index (κ3) is 2.39. The van der Waals surface area contributed by atoms with Gasteiger partial charge in [-0.3, -0.25) is 4.57 Å². The summed E-state index contributed by atoms with van der Waals surface area (Å²) in [6, 6.07) is 5.43. The van der Waals surface area contributed by atoms with Crippen LogP contribution in [-0.4, -0.2) is 16.3 Å². The second-order valence-corrected chi connectivity index (χ2v) is 4.66. The first kappa shape index (κ1) is 11.3. The van der Waals surface area contributed by atoms with E-state index >= 15 is 0 Å². The Hall–Kier alpha value is -0.740. The zero-order valence-corrected chi connectivity index (χ0v) is 8.19. The van der Waals surface area contributed by atoms with E-state index in [4.69, 9.17) is 15.5 Å². The Kier molecular flexibility index (Phi) is 3.39. The molecule has 0 spiro atoms. The predicted molar refractivity (Wildman–Crippen MR) is 50.2 cm³/mol. The quantitative estimate of drug-likeness (QED) is 0.662. The molecule has 1 aromatic carbocycles. The standard InChI is InChI=1S/C8H11FNO3P/c9-7-4-2-1-3-6(7)8(5-10)14(11,12)13/h1-4,8H,5,10H2,(H2,11,12,13). The van der Waals surface area contributed by atoms with Crippen molar-refractivity contribution in [2.24, 2.45) is 5.73 Å². The molecule has 0 aliphatic heterocycles. The lowest BCUT2D eigenvalue weighted by Gasteiger charge is -2.16. The monoisotopic (exact) mass is 219 g/mol. The molecule has 4 nitrogen and oxygen atoms in total. The van der Waals surface area contributed by atoms with Gasteiger partial charge in [0.1, 0.15) is 11.5 Å². The van der Waals surface area contributed by atoms with E-state index in [0.717, 1.165) is 6.07 Å². The molecule has 0 radical (unpaired) electrons. The number of hydrogen-bond acceptors (Lipinski definition) is 2. The molecular weight excluding hydrogens is 208 g/mol. The van der Waals surface area contributed by atoms with Crippen LogP contribution in [0.5, 0.6) is 0 Å². The van der Waals surface area contributed by atoms with Gasteiger partial charge in [0.2, 0.25) is 0 Å². The molecule has 1 atom stereocenters. The van der Waals surface area contributed by atoms with Crippen LogP contribution in [0.1, 0.15) is 11.2 Å². The zero-order chi connectivity index (χ0) is 10.8. The number of halogens is 1. The van der Waals surface area contributed by atoms with E-state index in [1.165, 1.54) is 18.2 Å². The van der Waals surface area contributed by atoms with Gasteiger partial charge >= 0.3 is 7.60 Å². The first-order valence-corrected chi connectivity index (χ1v) is 5.64. The molecule has 0 aromatic heterocycles. The maximum Gasteiger partial charge on any atom is 0.334 e. The van der Waals surface area contributed by atoms with E-state index in [0.29, 0.717) is 0 Å². The van der Waals surface area contributed by atoms with E-state index in [2.05, 4.69) is 0 Å². The van der Waals surface area contributed by atoms with Crippen molar-refractivity contribution in [3.63, 3.8) is 0 Å². The van der Waals surface area contributed by atoms with Crippen molar-refractivity contribution in [1.29, 1.82) is 0 Å². The Morgan fingerprint density at radius 2 is 2.00 bits per heavy atom. The van der Waals surface area contributed by atoms with Gasteiger partial charge in [0.25, 0.3) is 0 Å². The minimum absolute atomic E-state index is 0.0386. The molecule has 78 valence electrons. The van der Waals surface area contributed by atoms with E-state index in [9.17, 15) is 8.96 Å². The minimum Gasteiger partial charge on any atom is -0.329 e.